The lowest BCUT2D eigenvalue weighted by molar-refractivity contribution is 0.370. The Morgan fingerprint density at radius 1 is 0.926 bits per heavy atom. The van der Waals surface area contributed by atoms with Crippen molar-refractivity contribution in [2.24, 2.45) is 0 Å². The number of pyridine rings is 1. The summed E-state index contributed by atoms with van der Waals surface area (Å²) in [6.45, 7) is 3.75. The van der Waals surface area contributed by atoms with Crippen molar-refractivity contribution >= 4 is 17.3 Å². The first-order chi connectivity index (χ1) is 13.2. The van der Waals surface area contributed by atoms with Gasteiger partial charge in [-0.25, -0.2) is 0 Å². The fourth-order valence-electron chi connectivity index (χ4n) is 3.69. The average molecular weight is 382 g/mol. The molecule has 0 spiro atoms. The highest BCUT2D eigenvalue weighted by Crippen LogP contribution is 2.18. The van der Waals surface area contributed by atoms with E-state index in [-0.39, 0.29) is 0 Å². The number of benzene rings is 1. The quantitative estimate of drug-likeness (QED) is 0.704. The Bertz CT molecular complexity index is 691. The molecule has 2 aromatic rings. The number of nitrogens with one attached hydrogen (secondary N) is 1. The van der Waals surface area contributed by atoms with E-state index in [0.717, 1.165) is 18.2 Å². The van der Waals surface area contributed by atoms with E-state index in [1.165, 1.54) is 61.6 Å². The van der Waals surface area contributed by atoms with Crippen LogP contribution < -0.4 is 5.32 Å². The van der Waals surface area contributed by atoms with Crippen molar-refractivity contribution in [3.05, 3.63) is 65.5 Å². The molecule has 1 N–H and O–H groups in total. The Morgan fingerprint density at radius 3 is 2.11 bits per heavy atom. The Kier molecular flexibility index (Phi) is 7.64. The maximum absolute atomic E-state index is 5.86. The van der Waals surface area contributed by atoms with Crippen LogP contribution >= 0.6 is 12.2 Å². The Labute approximate surface area is 169 Å². The summed E-state index contributed by atoms with van der Waals surface area (Å²) in [6, 6.07) is 13.4. The van der Waals surface area contributed by atoms with Crippen LogP contribution in [0.2, 0.25) is 0 Å². The highest BCUT2D eigenvalue weighted by atomic mass is 32.1. The monoisotopic (exact) mass is 381 g/mol. The Hall–Kier alpha value is -1.94. The van der Waals surface area contributed by atoms with Gasteiger partial charge in [0, 0.05) is 31.5 Å². The topological polar surface area (TPSA) is 28.2 Å². The molecule has 1 aliphatic carbocycles. The minimum absolute atomic E-state index is 0.510. The van der Waals surface area contributed by atoms with Gasteiger partial charge in [-0.3, -0.25) is 4.98 Å². The Balaban J connectivity index is 1.69. The third kappa shape index (κ3) is 6.62. The number of aromatic nitrogens is 1. The first-order valence-electron chi connectivity index (χ1n) is 10.2. The van der Waals surface area contributed by atoms with Crippen LogP contribution in [-0.2, 0) is 13.1 Å². The zero-order chi connectivity index (χ0) is 18.9. The predicted octanol–water partition coefficient (Wildman–Crippen LogP) is 5.38. The van der Waals surface area contributed by atoms with Crippen LogP contribution in [-0.4, -0.2) is 21.0 Å². The van der Waals surface area contributed by atoms with Gasteiger partial charge in [0.2, 0.25) is 0 Å². The molecule has 27 heavy (non-hydrogen) atoms. The lowest BCUT2D eigenvalue weighted by Gasteiger charge is -2.30. The van der Waals surface area contributed by atoms with Crippen molar-refractivity contribution in [2.45, 2.75) is 71.0 Å². The predicted molar refractivity (Wildman–Crippen MR) is 117 cm³/mol. The van der Waals surface area contributed by atoms with Gasteiger partial charge in [-0.1, -0.05) is 61.9 Å². The molecule has 0 atom stereocenters. The van der Waals surface area contributed by atoms with E-state index in [1.54, 1.807) is 0 Å². The summed E-state index contributed by atoms with van der Waals surface area (Å²) in [7, 11) is 0. The van der Waals surface area contributed by atoms with Crippen LogP contribution in [0.5, 0.6) is 0 Å². The first-order valence-corrected chi connectivity index (χ1v) is 10.6. The second-order valence-electron chi connectivity index (χ2n) is 7.69. The molecule has 0 amide bonds. The standard InChI is InChI=1S/C23H31N3S/c1-19-9-11-20(12-10-19)17-26(18-21-13-15-24-16-14-21)23(27)25-22-7-5-3-2-4-6-8-22/h9-16,22H,2-8,17-18H2,1H3,(H,25,27). The summed E-state index contributed by atoms with van der Waals surface area (Å²) in [6.07, 6.45) is 12.9. The van der Waals surface area contributed by atoms with E-state index in [4.69, 9.17) is 12.2 Å². The van der Waals surface area contributed by atoms with Crippen LogP contribution in [0.3, 0.4) is 0 Å². The third-order valence-corrected chi connectivity index (χ3v) is 5.71. The van der Waals surface area contributed by atoms with Crippen molar-refractivity contribution in [2.75, 3.05) is 0 Å². The zero-order valence-corrected chi connectivity index (χ0v) is 17.2. The normalized spacial score (nSPS) is 15.6. The Morgan fingerprint density at radius 2 is 1.48 bits per heavy atom. The van der Waals surface area contributed by atoms with Gasteiger partial charge < -0.3 is 10.2 Å². The minimum atomic E-state index is 0.510. The lowest BCUT2D eigenvalue weighted by atomic mass is 9.97. The second-order valence-corrected chi connectivity index (χ2v) is 8.08. The fraction of sp³-hybridized carbons (Fsp3) is 0.478. The van der Waals surface area contributed by atoms with Gasteiger partial charge >= 0.3 is 0 Å². The minimum Gasteiger partial charge on any atom is -0.360 e. The van der Waals surface area contributed by atoms with Crippen LogP contribution in [0.15, 0.2) is 48.8 Å². The first kappa shape index (κ1) is 19.8. The third-order valence-electron chi connectivity index (χ3n) is 5.34. The second kappa shape index (κ2) is 10.4. The molecule has 1 saturated carbocycles. The number of rotatable bonds is 5. The van der Waals surface area contributed by atoms with Crippen molar-refractivity contribution in [1.29, 1.82) is 0 Å². The maximum atomic E-state index is 5.86. The van der Waals surface area contributed by atoms with E-state index in [0.29, 0.717) is 6.04 Å². The molecule has 0 unspecified atom stereocenters. The van der Waals surface area contributed by atoms with Gasteiger partial charge in [0.1, 0.15) is 0 Å². The molecule has 1 heterocycles. The smallest absolute Gasteiger partial charge is 0.169 e. The van der Waals surface area contributed by atoms with E-state index in [2.05, 4.69) is 58.5 Å². The summed E-state index contributed by atoms with van der Waals surface area (Å²) in [5.41, 5.74) is 3.81. The van der Waals surface area contributed by atoms with Gasteiger partial charge in [-0.15, -0.1) is 0 Å². The van der Waals surface area contributed by atoms with Crippen LogP contribution in [0.25, 0.3) is 0 Å². The summed E-state index contributed by atoms with van der Waals surface area (Å²) in [5, 5.41) is 4.55. The highest BCUT2D eigenvalue weighted by molar-refractivity contribution is 7.80. The van der Waals surface area contributed by atoms with E-state index in [1.807, 2.05) is 12.4 Å². The molecular formula is C23H31N3S. The summed E-state index contributed by atoms with van der Waals surface area (Å²) in [5.74, 6) is 0. The zero-order valence-electron chi connectivity index (χ0n) is 16.4. The number of thiocarbonyl (C=S) groups is 1. The van der Waals surface area contributed by atoms with Crippen molar-refractivity contribution in [1.82, 2.24) is 15.2 Å². The van der Waals surface area contributed by atoms with Gasteiger partial charge in [-0.05, 0) is 55.2 Å². The number of hydrogen-bond acceptors (Lipinski definition) is 2. The molecule has 0 aliphatic heterocycles. The van der Waals surface area contributed by atoms with Crippen molar-refractivity contribution in [3.63, 3.8) is 0 Å². The maximum Gasteiger partial charge on any atom is 0.169 e. The molecule has 1 aromatic heterocycles. The fourth-order valence-corrected chi connectivity index (χ4v) is 3.98. The lowest BCUT2D eigenvalue weighted by Crippen LogP contribution is -2.44. The SMILES string of the molecule is Cc1ccc(CN(Cc2ccncc2)C(=S)NC2CCCCCCC2)cc1. The molecule has 3 nitrogen and oxygen atoms in total. The van der Waals surface area contributed by atoms with E-state index in [9.17, 15) is 0 Å². The van der Waals surface area contributed by atoms with Crippen molar-refractivity contribution in [3.8, 4) is 0 Å². The molecule has 144 valence electrons. The molecule has 0 radical (unpaired) electrons. The largest absolute Gasteiger partial charge is 0.360 e. The molecular weight excluding hydrogens is 350 g/mol. The van der Waals surface area contributed by atoms with Gasteiger partial charge in [-0.2, -0.15) is 0 Å². The summed E-state index contributed by atoms with van der Waals surface area (Å²) >= 11 is 5.86. The molecule has 4 heteroatoms. The van der Waals surface area contributed by atoms with Crippen molar-refractivity contribution < 1.29 is 0 Å². The number of aryl methyl sites for hydroxylation is 1. The highest BCUT2D eigenvalue weighted by Gasteiger charge is 2.17. The van der Waals surface area contributed by atoms with Crippen LogP contribution in [0.1, 0.15) is 61.6 Å². The van der Waals surface area contributed by atoms with E-state index < -0.39 is 0 Å². The molecule has 0 saturated heterocycles. The van der Waals surface area contributed by atoms with Crippen LogP contribution in [0.4, 0.5) is 0 Å². The average Bonchev–Trinajstić information content (AvgIpc) is 2.66. The summed E-state index contributed by atoms with van der Waals surface area (Å²) < 4.78 is 0. The number of nitrogens with zero attached hydrogens (tertiary/aromatic N) is 2. The summed E-state index contributed by atoms with van der Waals surface area (Å²) in [4.78, 5) is 6.42. The molecule has 0 bridgehead atoms. The van der Waals surface area contributed by atoms with Gasteiger partial charge in [0.25, 0.3) is 0 Å². The number of hydrogen-bond donors (Lipinski definition) is 1. The molecule has 3 rings (SSSR count). The van der Waals surface area contributed by atoms with Gasteiger partial charge in [0.15, 0.2) is 5.11 Å². The molecule has 1 aromatic carbocycles. The molecule has 1 aliphatic rings. The van der Waals surface area contributed by atoms with Crippen LogP contribution in [0, 0.1) is 6.92 Å². The van der Waals surface area contributed by atoms with E-state index >= 15 is 0 Å². The van der Waals surface area contributed by atoms with Gasteiger partial charge in [0.05, 0.1) is 0 Å². The molecule has 1 fully saturated rings.